The summed E-state index contributed by atoms with van der Waals surface area (Å²) in [4.78, 5) is 20.8. The molecule has 1 atom stereocenters. The van der Waals surface area contributed by atoms with Gasteiger partial charge in [-0.2, -0.15) is 0 Å². The monoisotopic (exact) mass is 289 g/mol. The van der Waals surface area contributed by atoms with Crippen molar-refractivity contribution in [1.82, 2.24) is 14.8 Å². The van der Waals surface area contributed by atoms with Crippen molar-refractivity contribution in [1.29, 1.82) is 0 Å². The highest BCUT2D eigenvalue weighted by Gasteiger charge is 2.26. The highest BCUT2D eigenvalue weighted by Crippen LogP contribution is 2.22. The highest BCUT2D eigenvalue weighted by molar-refractivity contribution is 5.94. The van der Waals surface area contributed by atoms with Crippen LogP contribution < -0.4 is 0 Å². The molecular weight excluding hydrogens is 266 g/mol. The number of rotatable bonds is 3. The molecule has 2 aliphatic heterocycles. The van der Waals surface area contributed by atoms with Gasteiger partial charge in [-0.05, 0) is 50.8 Å². The third-order valence-corrected chi connectivity index (χ3v) is 4.49. The van der Waals surface area contributed by atoms with Crippen molar-refractivity contribution in [2.45, 2.75) is 25.7 Å². The molecule has 2 aliphatic rings. The summed E-state index contributed by atoms with van der Waals surface area (Å²) in [7, 11) is 0. The lowest BCUT2D eigenvalue weighted by Crippen LogP contribution is -2.43. The number of hydrogen-bond acceptors (Lipinski definition) is 4. The maximum atomic E-state index is 12.5. The number of piperidine rings is 1. The lowest BCUT2D eigenvalue weighted by molar-refractivity contribution is 0.0647. The predicted octanol–water partition coefficient (Wildman–Crippen LogP) is 1.74. The number of amides is 1. The van der Waals surface area contributed by atoms with Crippen molar-refractivity contribution in [2.75, 3.05) is 32.7 Å². The fourth-order valence-corrected chi connectivity index (χ4v) is 3.46. The molecule has 2 saturated heterocycles. The number of carbonyl (C=O) groups excluding carboxylic acids is 1. The SMILES string of the molecule is O=C(c1cncc(O)c1)N1CCC[C@H](CN2CCCC2)C1. The summed E-state index contributed by atoms with van der Waals surface area (Å²) in [6.45, 7) is 5.17. The van der Waals surface area contributed by atoms with Crippen LogP contribution in [0.15, 0.2) is 18.5 Å². The molecular formula is C16H23N3O2. The Morgan fingerprint density at radius 1 is 1.24 bits per heavy atom. The quantitative estimate of drug-likeness (QED) is 0.921. The Bertz CT molecular complexity index is 500. The molecule has 1 N–H and O–H groups in total. The third kappa shape index (κ3) is 3.53. The van der Waals surface area contributed by atoms with Crippen LogP contribution in [0.4, 0.5) is 0 Å². The van der Waals surface area contributed by atoms with E-state index >= 15 is 0 Å². The largest absolute Gasteiger partial charge is 0.506 e. The lowest BCUT2D eigenvalue weighted by atomic mass is 9.97. The molecule has 5 nitrogen and oxygen atoms in total. The van der Waals surface area contributed by atoms with Crippen LogP contribution >= 0.6 is 0 Å². The fourth-order valence-electron chi connectivity index (χ4n) is 3.46. The number of pyridine rings is 1. The van der Waals surface area contributed by atoms with E-state index in [1.165, 1.54) is 50.8 Å². The molecule has 2 fully saturated rings. The first-order valence-electron chi connectivity index (χ1n) is 7.88. The smallest absolute Gasteiger partial charge is 0.255 e. The maximum absolute atomic E-state index is 12.5. The molecule has 114 valence electrons. The molecule has 5 heteroatoms. The summed E-state index contributed by atoms with van der Waals surface area (Å²) >= 11 is 0. The van der Waals surface area contributed by atoms with Crippen LogP contribution in [0.5, 0.6) is 5.75 Å². The second-order valence-corrected chi connectivity index (χ2v) is 6.20. The normalized spacial score (nSPS) is 23.4. The third-order valence-electron chi connectivity index (χ3n) is 4.49. The van der Waals surface area contributed by atoms with Crippen LogP contribution in [-0.4, -0.2) is 58.5 Å². The second kappa shape index (κ2) is 6.43. The predicted molar refractivity (Wildman–Crippen MR) is 80.2 cm³/mol. The zero-order valence-corrected chi connectivity index (χ0v) is 12.4. The Hall–Kier alpha value is -1.62. The molecule has 1 amide bonds. The van der Waals surface area contributed by atoms with Gasteiger partial charge in [0.05, 0.1) is 11.8 Å². The van der Waals surface area contributed by atoms with E-state index < -0.39 is 0 Å². The molecule has 0 aromatic carbocycles. The van der Waals surface area contributed by atoms with Gasteiger partial charge in [-0.15, -0.1) is 0 Å². The number of hydrogen-bond donors (Lipinski definition) is 1. The fraction of sp³-hybridized carbons (Fsp3) is 0.625. The molecule has 1 aromatic heterocycles. The Labute approximate surface area is 125 Å². The van der Waals surface area contributed by atoms with E-state index in [2.05, 4.69) is 9.88 Å². The minimum atomic E-state index is -0.00970. The van der Waals surface area contributed by atoms with Gasteiger partial charge in [-0.25, -0.2) is 0 Å². The minimum absolute atomic E-state index is 0.00970. The summed E-state index contributed by atoms with van der Waals surface area (Å²) in [6.07, 6.45) is 7.78. The summed E-state index contributed by atoms with van der Waals surface area (Å²) in [6, 6.07) is 1.50. The zero-order chi connectivity index (χ0) is 14.7. The van der Waals surface area contributed by atoms with Crippen molar-refractivity contribution in [2.24, 2.45) is 5.92 Å². The van der Waals surface area contributed by atoms with Crippen molar-refractivity contribution in [3.63, 3.8) is 0 Å². The lowest BCUT2D eigenvalue weighted by Gasteiger charge is -2.34. The molecule has 0 bridgehead atoms. The van der Waals surface area contributed by atoms with E-state index in [1.54, 1.807) is 0 Å². The van der Waals surface area contributed by atoms with Gasteiger partial charge >= 0.3 is 0 Å². The van der Waals surface area contributed by atoms with Crippen molar-refractivity contribution >= 4 is 5.91 Å². The van der Waals surface area contributed by atoms with Crippen LogP contribution in [0.25, 0.3) is 0 Å². The first kappa shape index (κ1) is 14.3. The van der Waals surface area contributed by atoms with Gasteiger partial charge < -0.3 is 14.9 Å². The number of likely N-dealkylation sites (tertiary alicyclic amines) is 2. The summed E-state index contributed by atoms with van der Waals surface area (Å²) in [5, 5.41) is 9.46. The van der Waals surface area contributed by atoms with E-state index in [9.17, 15) is 9.90 Å². The van der Waals surface area contributed by atoms with Crippen LogP contribution in [0.1, 0.15) is 36.0 Å². The Balaban J connectivity index is 1.61. The van der Waals surface area contributed by atoms with Crippen LogP contribution in [0.2, 0.25) is 0 Å². The minimum Gasteiger partial charge on any atom is -0.506 e. The molecule has 0 radical (unpaired) electrons. The molecule has 3 rings (SSSR count). The standard InChI is InChI=1S/C16H23N3O2/c20-15-8-14(9-17-10-15)16(21)19-7-3-4-13(12-19)11-18-5-1-2-6-18/h8-10,13,20H,1-7,11-12H2/t13-/m1/s1. The maximum Gasteiger partial charge on any atom is 0.255 e. The van der Waals surface area contributed by atoms with Crippen LogP contribution in [0.3, 0.4) is 0 Å². The summed E-state index contributed by atoms with van der Waals surface area (Å²) in [5.74, 6) is 0.613. The van der Waals surface area contributed by atoms with E-state index in [0.717, 1.165) is 26.1 Å². The molecule has 0 unspecified atom stereocenters. The number of aromatic nitrogens is 1. The van der Waals surface area contributed by atoms with E-state index in [1.807, 2.05) is 4.90 Å². The zero-order valence-electron chi connectivity index (χ0n) is 12.4. The van der Waals surface area contributed by atoms with Gasteiger partial charge in [0.25, 0.3) is 5.91 Å². The van der Waals surface area contributed by atoms with Gasteiger partial charge in [0.15, 0.2) is 0 Å². The van der Waals surface area contributed by atoms with E-state index in [0.29, 0.717) is 11.5 Å². The van der Waals surface area contributed by atoms with E-state index in [-0.39, 0.29) is 11.7 Å². The number of carbonyl (C=O) groups is 1. The molecule has 3 heterocycles. The Morgan fingerprint density at radius 2 is 2.05 bits per heavy atom. The van der Waals surface area contributed by atoms with Crippen molar-refractivity contribution in [3.05, 3.63) is 24.0 Å². The van der Waals surface area contributed by atoms with Crippen LogP contribution in [0, 0.1) is 5.92 Å². The van der Waals surface area contributed by atoms with Gasteiger partial charge in [0.2, 0.25) is 0 Å². The first-order valence-corrected chi connectivity index (χ1v) is 7.88. The number of nitrogens with zero attached hydrogens (tertiary/aromatic N) is 3. The highest BCUT2D eigenvalue weighted by atomic mass is 16.3. The molecule has 0 saturated carbocycles. The van der Waals surface area contributed by atoms with Gasteiger partial charge in [0, 0.05) is 25.8 Å². The van der Waals surface area contributed by atoms with E-state index in [4.69, 9.17) is 0 Å². The molecule has 0 aliphatic carbocycles. The summed E-state index contributed by atoms with van der Waals surface area (Å²) in [5.41, 5.74) is 0.483. The summed E-state index contributed by atoms with van der Waals surface area (Å²) < 4.78 is 0. The van der Waals surface area contributed by atoms with Gasteiger partial charge in [-0.3, -0.25) is 9.78 Å². The van der Waals surface area contributed by atoms with Gasteiger partial charge in [-0.1, -0.05) is 0 Å². The average Bonchev–Trinajstić information content (AvgIpc) is 3.00. The molecule has 0 spiro atoms. The van der Waals surface area contributed by atoms with Crippen molar-refractivity contribution in [3.8, 4) is 5.75 Å². The van der Waals surface area contributed by atoms with Crippen LogP contribution in [-0.2, 0) is 0 Å². The Kier molecular flexibility index (Phi) is 4.39. The topological polar surface area (TPSA) is 56.7 Å². The average molecular weight is 289 g/mol. The Morgan fingerprint density at radius 3 is 2.81 bits per heavy atom. The first-order chi connectivity index (χ1) is 10.2. The number of aromatic hydroxyl groups is 1. The molecule has 1 aromatic rings. The second-order valence-electron chi connectivity index (χ2n) is 6.20. The molecule has 21 heavy (non-hydrogen) atoms. The van der Waals surface area contributed by atoms with Gasteiger partial charge in [0.1, 0.15) is 5.75 Å². The van der Waals surface area contributed by atoms with Crippen molar-refractivity contribution < 1.29 is 9.90 Å².